The lowest BCUT2D eigenvalue weighted by atomic mass is 9.80. The third-order valence-electron chi connectivity index (χ3n) is 5.06. The maximum atomic E-state index is 13.0. The van der Waals surface area contributed by atoms with Gasteiger partial charge in [-0.3, -0.25) is 9.59 Å². The van der Waals surface area contributed by atoms with Gasteiger partial charge in [0, 0.05) is 13.1 Å². The summed E-state index contributed by atoms with van der Waals surface area (Å²) >= 11 is 0. The first kappa shape index (κ1) is 14.1. The van der Waals surface area contributed by atoms with Crippen LogP contribution in [0.3, 0.4) is 0 Å². The van der Waals surface area contributed by atoms with Crippen molar-refractivity contribution in [1.29, 1.82) is 0 Å². The van der Waals surface area contributed by atoms with Crippen molar-refractivity contribution in [1.82, 2.24) is 4.90 Å². The van der Waals surface area contributed by atoms with Crippen LogP contribution < -0.4 is 5.73 Å². The third kappa shape index (κ3) is 2.33. The Morgan fingerprint density at radius 3 is 2.38 bits per heavy atom. The van der Waals surface area contributed by atoms with E-state index in [4.69, 9.17) is 5.73 Å². The van der Waals surface area contributed by atoms with Crippen LogP contribution in [0.2, 0.25) is 0 Å². The molecule has 1 aromatic rings. The number of nitrogens with two attached hydrogens (primary N) is 1. The van der Waals surface area contributed by atoms with E-state index in [1.165, 1.54) is 0 Å². The van der Waals surface area contributed by atoms with Crippen molar-refractivity contribution in [3.8, 4) is 0 Å². The van der Waals surface area contributed by atoms with Gasteiger partial charge in [-0.1, -0.05) is 30.3 Å². The molecular formula is C17H22N2O2. The van der Waals surface area contributed by atoms with E-state index in [1.54, 1.807) is 0 Å². The van der Waals surface area contributed by atoms with E-state index >= 15 is 0 Å². The van der Waals surface area contributed by atoms with E-state index in [-0.39, 0.29) is 17.2 Å². The molecule has 1 saturated carbocycles. The van der Waals surface area contributed by atoms with Crippen molar-refractivity contribution in [2.24, 2.45) is 11.1 Å². The fourth-order valence-electron chi connectivity index (χ4n) is 3.42. The Morgan fingerprint density at radius 2 is 1.81 bits per heavy atom. The zero-order valence-electron chi connectivity index (χ0n) is 12.5. The molecule has 1 aliphatic heterocycles. The molecule has 1 unspecified atom stereocenters. The summed E-state index contributed by atoms with van der Waals surface area (Å²) in [5.41, 5.74) is 5.69. The first-order valence-corrected chi connectivity index (χ1v) is 7.63. The Morgan fingerprint density at radius 1 is 1.14 bits per heavy atom. The molecule has 0 bridgehead atoms. The number of piperidine rings is 1. The van der Waals surface area contributed by atoms with Crippen LogP contribution in [0.25, 0.3) is 0 Å². The molecule has 1 aliphatic carbocycles. The minimum absolute atomic E-state index is 0.167. The molecule has 3 rings (SSSR count). The van der Waals surface area contributed by atoms with E-state index < -0.39 is 5.41 Å². The molecule has 112 valence electrons. The molecule has 1 atom stereocenters. The van der Waals surface area contributed by atoms with Gasteiger partial charge in [-0.25, -0.2) is 0 Å². The molecule has 2 N–H and O–H groups in total. The predicted octanol–water partition coefficient (Wildman–Crippen LogP) is 1.83. The van der Waals surface area contributed by atoms with Crippen LogP contribution >= 0.6 is 0 Å². The first-order valence-electron chi connectivity index (χ1n) is 7.63. The number of hydrogen-bond acceptors (Lipinski definition) is 2. The number of likely N-dealkylation sites (tertiary alicyclic amines) is 1. The van der Waals surface area contributed by atoms with Crippen molar-refractivity contribution >= 4 is 11.8 Å². The smallest absolute Gasteiger partial charge is 0.233 e. The monoisotopic (exact) mass is 286 g/mol. The average Bonchev–Trinajstić information content (AvgIpc) is 3.29. The van der Waals surface area contributed by atoms with Crippen LogP contribution in [0, 0.1) is 5.41 Å². The SMILES string of the molecule is CC1(C(N)=O)CCCN(C(=O)C2(c3ccccc3)CC2)C1. The molecule has 4 heteroatoms. The van der Waals surface area contributed by atoms with Gasteiger partial charge < -0.3 is 10.6 Å². The summed E-state index contributed by atoms with van der Waals surface area (Å²) in [6, 6.07) is 9.98. The van der Waals surface area contributed by atoms with E-state index in [0.29, 0.717) is 6.54 Å². The topological polar surface area (TPSA) is 63.4 Å². The largest absolute Gasteiger partial charge is 0.369 e. The molecule has 2 amide bonds. The maximum Gasteiger partial charge on any atom is 0.233 e. The third-order valence-corrected chi connectivity index (χ3v) is 5.06. The van der Waals surface area contributed by atoms with Crippen LogP contribution in [0.1, 0.15) is 38.2 Å². The van der Waals surface area contributed by atoms with Crippen molar-refractivity contribution < 1.29 is 9.59 Å². The van der Waals surface area contributed by atoms with Gasteiger partial charge in [0.25, 0.3) is 0 Å². The van der Waals surface area contributed by atoms with Gasteiger partial charge >= 0.3 is 0 Å². The van der Waals surface area contributed by atoms with E-state index in [0.717, 1.165) is 37.8 Å². The summed E-state index contributed by atoms with van der Waals surface area (Å²) in [6.45, 7) is 3.06. The minimum Gasteiger partial charge on any atom is -0.369 e. The Hall–Kier alpha value is -1.84. The fraction of sp³-hybridized carbons (Fsp3) is 0.529. The number of nitrogens with zero attached hydrogens (tertiary/aromatic N) is 1. The standard InChI is InChI=1S/C17H22N2O2/c1-16(14(18)20)8-5-11-19(12-16)15(21)17(9-10-17)13-6-3-2-4-7-13/h2-4,6-7H,5,8-12H2,1H3,(H2,18,20). The number of benzene rings is 1. The second kappa shape index (κ2) is 4.86. The van der Waals surface area contributed by atoms with E-state index in [1.807, 2.05) is 42.2 Å². The second-order valence-corrected chi connectivity index (χ2v) is 6.70. The lowest BCUT2D eigenvalue weighted by Gasteiger charge is -2.40. The lowest BCUT2D eigenvalue weighted by Crippen LogP contribution is -2.52. The summed E-state index contributed by atoms with van der Waals surface area (Å²) in [6.07, 6.45) is 3.42. The molecule has 4 nitrogen and oxygen atoms in total. The van der Waals surface area contributed by atoms with Crippen LogP contribution in [0.4, 0.5) is 0 Å². The van der Waals surface area contributed by atoms with Crippen molar-refractivity contribution in [3.63, 3.8) is 0 Å². The lowest BCUT2D eigenvalue weighted by molar-refractivity contribution is -0.141. The van der Waals surface area contributed by atoms with Gasteiger partial charge in [-0.15, -0.1) is 0 Å². The minimum atomic E-state index is -0.583. The van der Waals surface area contributed by atoms with Crippen LogP contribution in [-0.4, -0.2) is 29.8 Å². The molecule has 2 aliphatic rings. The van der Waals surface area contributed by atoms with E-state index in [2.05, 4.69) is 0 Å². The first-order chi connectivity index (χ1) is 9.98. The van der Waals surface area contributed by atoms with Gasteiger partial charge in [0.15, 0.2) is 0 Å². The molecule has 0 radical (unpaired) electrons. The molecule has 1 aromatic carbocycles. The zero-order valence-corrected chi connectivity index (χ0v) is 12.5. The summed E-state index contributed by atoms with van der Waals surface area (Å²) in [7, 11) is 0. The summed E-state index contributed by atoms with van der Waals surface area (Å²) in [5, 5.41) is 0. The number of carbonyl (C=O) groups excluding carboxylic acids is 2. The second-order valence-electron chi connectivity index (χ2n) is 6.70. The molecule has 21 heavy (non-hydrogen) atoms. The van der Waals surface area contributed by atoms with Crippen LogP contribution in [-0.2, 0) is 15.0 Å². The highest BCUT2D eigenvalue weighted by Gasteiger charge is 2.54. The average molecular weight is 286 g/mol. The Kier molecular flexibility index (Phi) is 3.27. The summed E-state index contributed by atoms with van der Waals surface area (Å²) in [4.78, 5) is 26.5. The number of amides is 2. The molecule has 1 saturated heterocycles. The highest BCUT2D eigenvalue weighted by molar-refractivity contribution is 5.92. The normalized spacial score (nSPS) is 27.2. The highest BCUT2D eigenvalue weighted by atomic mass is 16.2. The number of carbonyl (C=O) groups is 2. The number of primary amides is 1. The van der Waals surface area contributed by atoms with Gasteiger partial charge in [0.1, 0.15) is 0 Å². The van der Waals surface area contributed by atoms with Crippen LogP contribution in [0.5, 0.6) is 0 Å². The van der Waals surface area contributed by atoms with Crippen LogP contribution in [0.15, 0.2) is 30.3 Å². The quantitative estimate of drug-likeness (QED) is 0.921. The maximum absolute atomic E-state index is 13.0. The summed E-state index contributed by atoms with van der Waals surface area (Å²) < 4.78 is 0. The van der Waals surface area contributed by atoms with Gasteiger partial charge in [-0.2, -0.15) is 0 Å². The van der Waals surface area contributed by atoms with Gasteiger partial charge in [0.2, 0.25) is 11.8 Å². The number of rotatable bonds is 3. The molecule has 2 fully saturated rings. The molecule has 0 aromatic heterocycles. The predicted molar refractivity (Wildman–Crippen MR) is 80.5 cm³/mol. The van der Waals surface area contributed by atoms with E-state index in [9.17, 15) is 9.59 Å². The zero-order chi connectivity index (χ0) is 15.1. The Balaban J connectivity index is 1.81. The summed E-state index contributed by atoms with van der Waals surface area (Å²) in [5.74, 6) is -0.134. The fourth-order valence-corrected chi connectivity index (χ4v) is 3.42. The molecule has 1 heterocycles. The highest BCUT2D eigenvalue weighted by Crippen LogP contribution is 2.50. The molecule has 0 spiro atoms. The van der Waals surface area contributed by atoms with Crippen molar-refractivity contribution in [2.75, 3.05) is 13.1 Å². The van der Waals surface area contributed by atoms with Crippen molar-refractivity contribution in [3.05, 3.63) is 35.9 Å². The Labute approximate surface area is 125 Å². The van der Waals surface area contributed by atoms with Gasteiger partial charge in [0.05, 0.1) is 10.8 Å². The van der Waals surface area contributed by atoms with Gasteiger partial charge in [-0.05, 0) is 38.2 Å². The number of hydrogen-bond donors (Lipinski definition) is 1. The molecular weight excluding hydrogens is 264 g/mol. The Bertz CT molecular complexity index is 565. The van der Waals surface area contributed by atoms with Crippen molar-refractivity contribution in [2.45, 2.75) is 38.0 Å².